The van der Waals surface area contributed by atoms with E-state index in [1.807, 2.05) is 24.3 Å². The molecule has 2 amide bonds. The van der Waals surface area contributed by atoms with Gasteiger partial charge in [-0.3, -0.25) is 4.79 Å². The highest BCUT2D eigenvalue weighted by molar-refractivity contribution is 9.10. The minimum atomic E-state index is -3.52. The van der Waals surface area contributed by atoms with Crippen molar-refractivity contribution in [1.82, 2.24) is 10.2 Å². The number of sulfone groups is 1. The molecule has 2 aliphatic rings. The van der Waals surface area contributed by atoms with Crippen LogP contribution in [0.2, 0.25) is 0 Å². The van der Waals surface area contributed by atoms with Gasteiger partial charge >= 0.3 is 6.09 Å². The number of benzene rings is 2. The summed E-state index contributed by atoms with van der Waals surface area (Å²) in [5, 5.41) is 2.73. The Labute approximate surface area is 244 Å². The van der Waals surface area contributed by atoms with Crippen LogP contribution in [-0.2, 0) is 30.7 Å². The third kappa shape index (κ3) is 8.44. The summed E-state index contributed by atoms with van der Waals surface area (Å²) in [7, 11) is -3.52. The fourth-order valence-electron chi connectivity index (χ4n) is 4.83. The summed E-state index contributed by atoms with van der Waals surface area (Å²) in [6.07, 6.45) is 0.677. The Morgan fingerprint density at radius 2 is 1.90 bits per heavy atom. The first-order valence-corrected chi connectivity index (χ1v) is 16.0. The van der Waals surface area contributed by atoms with E-state index in [-0.39, 0.29) is 41.7 Å². The monoisotopic (exact) mass is 636 g/mol. The van der Waals surface area contributed by atoms with Crippen LogP contribution in [0.3, 0.4) is 0 Å². The molecule has 1 fully saturated rings. The molecule has 2 aliphatic heterocycles. The van der Waals surface area contributed by atoms with Crippen LogP contribution in [0.25, 0.3) is 0 Å². The Morgan fingerprint density at radius 3 is 2.62 bits per heavy atom. The van der Waals surface area contributed by atoms with Crippen molar-refractivity contribution >= 4 is 37.8 Å². The number of rotatable bonds is 4. The fourth-order valence-corrected chi connectivity index (χ4v) is 6.50. The van der Waals surface area contributed by atoms with Gasteiger partial charge in [0.05, 0.1) is 29.4 Å². The first-order valence-electron chi connectivity index (χ1n) is 13.5. The molecule has 1 saturated heterocycles. The summed E-state index contributed by atoms with van der Waals surface area (Å²) in [6.45, 7) is 6.16. The van der Waals surface area contributed by atoms with Crippen molar-refractivity contribution in [3.63, 3.8) is 0 Å². The lowest BCUT2D eigenvalue weighted by molar-refractivity contribution is -0.135. The molecule has 1 N–H and O–H groups in total. The molecule has 0 spiro atoms. The number of amides is 2. The van der Waals surface area contributed by atoms with E-state index in [2.05, 4.69) is 21.2 Å². The van der Waals surface area contributed by atoms with E-state index >= 15 is 0 Å². The van der Waals surface area contributed by atoms with Gasteiger partial charge in [0, 0.05) is 11.0 Å². The van der Waals surface area contributed by atoms with Gasteiger partial charge in [-0.15, -0.1) is 0 Å². The highest BCUT2D eigenvalue weighted by Gasteiger charge is 2.40. The Morgan fingerprint density at radius 1 is 1.15 bits per heavy atom. The average Bonchev–Trinajstić information content (AvgIpc) is 3.30. The summed E-state index contributed by atoms with van der Waals surface area (Å²) in [6, 6.07) is 13.1. The number of carbonyl (C=O) groups is 2. The lowest BCUT2D eigenvalue weighted by Crippen LogP contribution is -2.52. The second kappa shape index (κ2) is 12.9. The molecule has 3 atom stereocenters. The zero-order valence-corrected chi connectivity index (χ0v) is 25.5. The number of carbonyl (C=O) groups excluding carboxylic acids is 2. The molecule has 11 heteroatoms. The average molecular weight is 638 g/mol. The molecular weight excluding hydrogens is 600 g/mol. The first kappa shape index (κ1) is 30.3. The molecule has 9 nitrogen and oxygen atoms in total. The normalized spacial score (nSPS) is 23.4. The van der Waals surface area contributed by atoms with Crippen molar-refractivity contribution in [2.45, 2.75) is 81.7 Å². The summed E-state index contributed by atoms with van der Waals surface area (Å²) in [5.41, 5.74) is 0.285. The van der Waals surface area contributed by atoms with Gasteiger partial charge in [-0.2, -0.15) is 0 Å². The second-order valence-electron chi connectivity index (χ2n) is 11.2. The maximum absolute atomic E-state index is 13.9. The molecule has 2 aromatic carbocycles. The Balaban J connectivity index is 1.56. The van der Waals surface area contributed by atoms with Gasteiger partial charge < -0.3 is 24.4 Å². The number of hydrogen-bond acceptors (Lipinski definition) is 7. The lowest BCUT2D eigenvalue weighted by Gasteiger charge is -2.30. The Hall–Kier alpha value is -2.63. The number of nitrogens with zero attached hydrogens (tertiary/aromatic N) is 1. The van der Waals surface area contributed by atoms with E-state index in [0.717, 1.165) is 10.0 Å². The first-order chi connectivity index (χ1) is 18.9. The van der Waals surface area contributed by atoms with Crippen LogP contribution in [0.15, 0.2) is 57.9 Å². The van der Waals surface area contributed by atoms with Crippen LogP contribution in [0.4, 0.5) is 4.79 Å². The maximum atomic E-state index is 13.9. The highest BCUT2D eigenvalue weighted by atomic mass is 79.9. The molecule has 2 bridgehead atoms. The van der Waals surface area contributed by atoms with Gasteiger partial charge in [0.1, 0.15) is 24.0 Å². The molecule has 0 aliphatic carbocycles. The molecule has 2 heterocycles. The molecule has 0 aromatic heterocycles. The Kier molecular flexibility index (Phi) is 9.79. The number of fused-ring (bicyclic) bond motifs is 3. The summed E-state index contributed by atoms with van der Waals surface area (Å²) >= 11 is 3.44. The van der Waals surface area contributed by atoms with E-state index < -0.39 is 27.6 Å². The zero-order chi connectivity index (χ0) is 28.9. The zero-order valence-electron chi connectivity index (χ0n) is 23.1. The van der Waals surface area contributed by atoms with Crippen molar-refractivity contribution in [2.24, 2.45) is 0 Å². The van der Waals surface area contributed by atoms with Gasteiger partial charge in [-0.05, 0) is 82.3 Å². The highest BCUT2D eigenvalue weighted by Crippen LogP contribution is 2.27. The SMILES string of the molecule is CC(C)(C)OC(=O)N[C@H]1CCCCS(=O)(=O)c2cccc(c2)OC[C@@H]2C[C@H](OCc3ccc(Br)cc3)CN2C1=O. The quantitative estimate of drug-likeness (QED) is 0.510. The standard InChI is InChI=1S/C29H37BrN2O7S/c1-29(2,3)39-28(34)31-26-9-4-5-14-40(35,36)25-8-6-7-23(16-25)38-19-22-15-24(17-32(22)27(26)33)37-18-20-10-12-21(30)13-11-20/h6-8,10-13,16,22,24,26H,4-5,9,14-15,17-19H2,1-3H3,(H,31,34)/t22-,24-,26-/m0/s1. The molecular formula is C29H37BrN2O7S. The summed E-state index contributed by atoms with van der Waals surface area (Å²) in [4.78, 5) is 28.5. The smallest absolute Gasteiger partial charge is 0.408 e. The van der Waals surface area contributed by atoms with Crippen LogP contribution >= 0.6 is 15.9 Å². The number of ether oxygens (including phenoxy) is 3. The van der Waals surface area contributed by atoms with E-state index in [1.54, 1.807) is 43.9 Å². The van der Waals surface area contributed by atoms with Crippen LogP contribution < -0.4 is 10.1 Å². The van der Waals surface area contributed by atoms with Gasteiger partial charge in [0.15, 0.2) is 9.84 Å². The summed E-state index contributed by atoms with van der Waals surface area (Å²) < 4.78 is 44.4. The van der Waals surface area contributed by atoms with E-state index in [1.165, 1.54) is 6.07 Å². The topological polar surface area (TPSA) is 111 Å². The molecule has 0 saturated carbocycles. The van der Waals surface area contributed by atoms with E-state index in [4.69, 9.17) is 14.2 Å². The number of halogens is 1. The third-order valence-corrected chi connectivity index (χ3v) is 9.14. The van der Waals surface area contributed by atoms with Crippen molar-refractivity contribution in [1.29, 1.82) is 0 Å². The second-order valence-corrected chi connectivity index (χ2v) is 14.3. The van der Waals surface area contributed by atoms with Crippen molar-refractivity contribution in [3.8, 4) is 5.75 Å². The fraction of sp³-hybridized carbons (Fsp3) is 0.517. The van der Waals surface area contributed by atoms with Crippen LogP contribution in [0.5, 0.6) is 5.75 Å². The van der Waals surface area contributed by atoms with E-state index in [9.17, 15) is 18.0 Å². The molecule has 218 valence electrons. The number of hydrogen-bond donors (Lipinski definition) is 1. The summed E-state index contributed by atoms with van der Waals surface area (Å²) in [5.74, 6) is 0.0957. The third-order valence-electron chi connectivity index (χ3n) is 6.81. The molecule has 0 radical (unpaired) electrons. The van der Waals surface area contributed by atoms with Gasteiger partial charge in [-0.1, -0.05) is 34.1 Å². The predicted molar refractivity (Wildman–Crippen MR) is 154 cm³/mol. The predicted octanol–water partition coefficient (Wildman–Crippen LogP) is 4.87. The largest absolute Gasteiger partial charge is 0.491 e. The van der Waals surface area contributed by atoms with Crippen molar-refractivity contribution in [3.05, 3.63) is 58.6 Å². The number of nitrogens with one attached hydrogen (secondary N) is 1. The lowest BCUT2D eigenvalue weighted by atomic mass is 10.1. The maximum Gasteiger partial charge on any atom is 0.408 e. The van der Waals surface area contributed by atoms with Crippen LogP contribution in [-0.4, -0.2) is 68.0 Å². The molecule has 4 rings (SSSR count). The van der Waals surface area contributed by atoms with Gasteiger partial charge in [0.2, 0.25) is 5.91 Å². The Bertz CT molecular complexity index is 1290. The van der Waals surface area contributed by atoms with Crippen molar-refractivity contribution in [2.75, 3.05) is 18.9 Å². The molecule has 40 heavy (non-hydrogen) atoms. The van der Waals surface area contributed by atoms with Crippen molar-refractivity contribution < 1.29 is 32.2 Å². The van der Waals surface area contributed by atoms with Gasteiger partial charge in [0.25, 0.3) is 0 Å². The van der Waals surface area contributed by atoms with Crippen LogP contribution in [0.1, 0.15) is 52.0 Å². The minimum Gasteiger partial charge on any atom is -0.491 e. The van der Waals surface area contributed by atoms with Gasteiger partial charge in [-0.25, -0.2) is 13.2 Å². The number of alkyl carbamates (subject to hydrolysis) is 1. The molecule has 2 aromatic rings. The minimum absolute atomic E-state index is 0.0673. The van der Waals surface area contributed by atoms with E-state index in [0.29, 0.717) is 38.2 Å². The molecule has 0 unspecified atom stereocenters. The van der Waals surface area contributed by atoms with Crippen LogP contribution in [0, 0.1) is 0 Å².